The lowest BCUT2D eigenvalue weighted by Crippen LogP contribution is -2.41. The number of nitrogens with zero attached hydrogens (tertiary/aromatic N) is 1. The molecule has 1 saturated heterocycles. The molecule has 4 unspecified atom stereocenters. The van der Waals surface area contributed by atoms with E-state index in [1.807, 2.05) is 0 Å². The zero-order chi connectivity index (χ0) is 10.4. The first-order chi connectivity index (χ1) is 7.24. The normalized spacial score (nSPS) is 43.5. The molecule has 1 saturated carbocycles. The maximum Gasteiger partial charge on any atom is 0.201 e. The number of piperidine rings is 1. The van der Waals surface area contributed by atoms with Gasteiger partial charge in [0.2, 0.25) is 5.90 Å². The topological polar surface area (TPSA) is 33.6 Å². The van der Waals surface area contributed by atoms with E-state index in [4.69, 9.17) is 9.73 Å². The molecule has 15 heavy (non-hydrogen) atoms. The highest BCUT2D eigenvalue weighted by molar-refractivity contribution is 5.84. The van der Waals surface area contributed by atoms with Crippen molar-refractivity contribution < 1.29 is 4.74 Å². The van der Waals surface area contributed by atoms with Gasteiger partial charge in [-0.25, -0.2) is 4.99 Å². The third-order valence-corrected chi connectivity index (χ3v) is 4.09. The smallest absolute Gasteiger partial charge is 0.201 e. The van der Waals surface area contributed by atoms with Gasteiger partial charge in [-0.2, -0.15) is 0 Å². The zero-order valence-corrected chi connectivity index (χ0v) is 9.57. The third kappa shape index (κ3) is 1.57. The van der Waals surface area contributed by atoms with Crippen LogP contribution in [0.1, 0.15) is 33.1 Å². The van der Waals surface area contributed by atoms with Gasteiger partial charge in [-0.3, -0.25) is 0 Å². The Balaban J connectivity index is 1.71. The zero-order valence-electron chi connectivity index (χ0n) is 9.57. The lowest BCUT2D eigenvalue weighted by atomic mass is 10.00. The van der Waals surface area contributed by atoms with Crippen LogP contribution >= 0.6 is 0 Å². The van der Waals surface area contributed by atoms with Crippen molar-refractivity contribution in [3.8, 4) is 0 Å². The molecule has 3 nitrogen and oxygen atoms in total. The van der Waals surface area contributed by atoms with E-state index < -0.39 is 0 Å². The molecule has 4 atom stereocenters. The Morgan fingerprint density at radius 1 is 1.40 bits per heavy atom. The van der Waals surface area contributed by atoms with E-state index in [0.717, 1.165) is 24.5 Å². The number of nitrogens with one attached hydrogen (secondary N) is 1. The number of hydrogen-bond acceptors (Lipinski definition) is 3. The van der Waals surface area contributed by atoms with E-state index >= 15 is 0 Å². The fourth-order valence-electron chi connectivity index (χ4n) is 3.05. The summed E-state index contributed by atoms with van der Waals surface area (Å²) < 4.78 is 5.75. The van der Waals surface area contributed by atoms with Crippen molar-refractivity contribution in [3.63, 3.8) is 0 Å². The molecule has 0 aromatic heterocycles. The molecule has 0 spiro atoms. The molecule has 2 aliphatic heterocycles. The SMILES string of the molecule is CC(C)C1COC(C2NC3CCC2C3)=N1. The molecule has 3 aliphatic rings. The van der Waals surface area contributed by atoms with Gasteiger partial charge in [0.05, 0.1) is 12.1 Å². The van der Waals surface area contributed by atoms with Gasteiger partial charge in [-0.1, -0.05) is 13.8 Å². The monoisotopic (exact) mass is 208 g/mol. The minimum absolute atomic E-state index is 0.390. The van der Waals surface area contributed by atoms with Crippen LogP contribution in [0.5, 0.6) is 0 Å². The summed E-state index contributed by atoms with van der Waals surface area (Å²) in [5, 5.41) is 3.64. The van der Waals surface area contributed by atoms with Gasteiger partial charge in [0.15, 0.2) is 0 Å². The number of rotatable bonds is 2. The Morgan fingerprint density at radius 2 is 2.27 bits per heavy atom. The first-order valence-electron chi connectivity index (χ1n) is 6.20. The van der Waals surface area contributed by atoms with Gasteiger partial charge < -0.3 is 10.1 Å². The molecule has 3 rings (SSSR count). The van der Waals surface area contributed by atoms with E-state index in [0.29, 0.717) is 18.0 Å². The van der Waals surface area contributed by atoms with Crippen molar-refractivity contribution in [2.24, 2.45) is 16.8 Å². The molecule has 2 fully saturated rings. The van der Waals surface area contributed by atoms with E-state index in [-0.39, 0.29) is 0 Å². The first kappa shape index (κ1) is 9.64. The van der Waals surface area contributed by atoms with Crippen molar-refractivity contribution >= 4 is 5.90 Å². The molecule has 0 amide bonds. The van der Waals surface area contributed by atoms with Crippen LogP contribution in [-0.2, 0) is 4.74 Å². The summed E-state index contributed by atoms with van der Waals surface area (Å²) in [5.74, 6) is 2.39. The van der Waals surface area contributed by atoms with Crippen LogP contribution in [0.3, 0.4) is 0 Å². The summed E-state index contributed by atoms with van der Waals surface area (Å²) in [5.41, 5.74) is 0. The maximum absolute atomic E-state index is 5.75. The largest absolute Gasteiger partial charge is 0.478 e. The maximum atomic E-state index is 5.75. The number of fused-ring (bicyclic) bond motifs is 2. The highest BCUT2D eigenvalue weighted by Gasteiger charge is 2.43. The van der Waals surface area contributed by atoms with E-state index in [9.17, 15) is 0 Å². The van der Waals surface area contributed by atoms with Gasteiger partial charge in [-0.15, -0.1) is 0 Å². The quantitative estimate of drug-likeness (QED) is 0.747. The molecular weight excluding hydrogens is 188 g/mol. The summed E-state index contributed by atoms with van der Waals surface area (Å²) in [6.07, 6.45) is 4.04. The molecular formula is C12H20N2O. The molecule has 0 aromatic carbocycles. The summed E-state index contributed by atoms with van der Waals surface area (Å²) in [4.78, 5) is 4.72. The Morgan fingerprint density at radius 3 is 2.80 bits per heavy atom. The lowest BCUT2D eigenvalue weighted by molar-refractivity contribution is 0.270. The molecule has 2 heterocycles. The minimum atomic E-state index is 0.390. The first-order valence-corrected chi connectivity index (χ1v) is 6.20. The predicted molar refractivity (Wildman–Crippen MR) is 60.1 cm³/mol. The van der Waals surface area contributed by atoms with Gasteiger partial charge in [0.25, 0.3) is 0 Å². The molecule has 84 valence electrons. The molecule has 1 aliphatic carbocycles. The van der Waals surface area contributed by atoms with Crippen LogP contribution in [0.2, 0.25) is 0 Å². The van der Waals surface area contributed by atoms with E-state index in [2.05, 4.69) is 19.2 Å². The third-order valence-electron chi connectivity index (χ3n) is 4.09. The lowest BCUT2D eigenvalue weighted by Gasteiger charge is -2.22. The van der Waals surface area contributed by atoms with Crippen molar-refractivity contribution in [2.45, 2.75) is 51.2 Å². The van der Waals surface area contributed by atoms with E-state index in [1.165, 1.54) is 19.3 Å². The second-order valence-electron chi connectivity index (χ2n) is 5.50. The number of hydrogen-bond donors (Lipinski definition) is 1. The van der Waals surface area contributed by atoms with E-state index in [1.54, 1.807) is 0 Å². The molecule has 0 aromatic rings. The highest BCUT2D eigenvalue weighted by atomic mass is 16.5. The van der Waals surface area contributed by atoms with Crippen molar-refractivity contribution in [1.29, 1.82) is 0 Å². The van der Waals surface area contributed by atoms with Crippen molar-refractivity contribution in [2.75, 3.05) is 6.61 Å². The Bertz CT molecular complexity index is 287. The molecule has 0 radical (unpaired) electrons. The predicted octanol–water partition coefficient (Wildman–Crippen LogP) is 1.58. The fourth-order valence-corrected chi connectivity index (χ4v) is 3.05. The summed E-state index contributed by atoms with van der Waals surface area (Å²) >= 11 is 0. The van der Waals surface area contributed by atoms with Crippen molar-refractivity contribution in [1.82, 2.24) is 5.32 Å². The van der Waals surface area contributed by atoms with Crippen LogP contribution < -0.4 is 5.32 Å². The van der Waals surface area contributed by atoms with Crippen LogP contribution in [0.15, 0.2) is 4.99 Å². The van der Waals surface area contributed by atoms with Gasteiger partial charge >= 0.3 is 0 Å². The summed E-state index contributed by atoms with van der Waals surface area (Å²) in [6.45, 7) is 5.23. The standard InChI is InChI=1S/C12H20N2O/c1-7(2)10-6-15-12(14-10)11-8-3-4-9(5-8)13-11/h7-11,13H,3-6H2,1-2H3. The summed E-state index contributed by atoms with van der Waals surface area (Å²) in [7, 11) is 0. The second kappa shape index (κ2) is 3.48. The fraction of sp³-hybridized carbons (Fsp3) is 0.917. The van der Waals surface area contributed by atoms with Crippen LogP contribution in [-0.4, -0.2) is 30.6 Å². The highest BCUT2D eigenvalue weighted by Crippen LogP contribution is 2.36. The number of aliphatic imine (C=N–C) groups is 1. The minimum Gasteiger partial charge on any atom is -0.478 e. The molecule has 2 bridgehead atoms. The van der Waals surface area contributed by atoms with Crippen LogP contribution in [0, 0.1) is 11.8 Å². The van der Waals surface area contributed by atoms with Crippen LogP contribution in [0.4, 0.5) is 0 Å². The van der Waals surface area contributed by atoms with Crippen LogP contribution in [0.25, 0.3) is 0 Å². The average molecular weight is 208 g/mol. The van der Waals surface area contributed by atoms with Gasteiger partial charge in [0, 0.05) is 6.04 Å². The van der Waals surface area contributed by atoms with Gasteiger partial charge in [0.1, 0.15) is 6.61 Å². The Labute approximate surface area is 91.3 Å². The Kier molecular flexibility index (Phi) is 2.23. The number of ether oxygens (including phenoxy) is 1. The van der Waals surface area contributed by atoms with Gasteiger partial charge in [-0.05, 0) is 31.1 Å². The summed E-state index contributed by atoms with van der Waals surface area (Å²) in [6, 6.07) is 1.57. The molecule has 3 heteroatoms. The average Bonchev–Trinajstić information content (AvgIpc) is 2.93. The molecule has 1 N–H and O–H groups in total. The second-order valence-corrected chi connectivity index (χ2v) is 5.50. The van der Waals surface area contributed by atoms with Crippen molar-refractivity contribution in [3.05, 3.63) is 0 Å². The Hall–Kier alpha value is -0.570.